The average Bonchev–Trinajstić information content (AvgIpc) is 2.14. The van der Waals surface area contributed by atoms with Crippen molar-refractivity contribution < 1.29 is 4.43 Å². The van der Waals surface area contributed by atoms with Gasteiger partial charge in [-0.1, -0.05) is 40.5 Å². The fourth-order valence-electron chi connectivity index (χ4n) is 0.830. The van der Waals surface area contributed by atoms with Gasteiger partial charge in [0.25, 0.3) is 9.92 Å². The van der Waals surface area contributed by atoms with Crippen LogP contribution < -0.4 is 0 Å². The van der Waals surface area contributed by atoms with Gasteiger partial charge in [-0.05, 0) is 19.3 Å². The third-order valence-electron chi connectivity index (χ3n) is 1.67. The van der Waals surface area contributed by atoms with Crippen molar-refractivity contribution in [2.45, 2.75) is 53.9 Å². The minimum absolute atomic E-state index is 0.581. The van der Waals surface area contributed by atoms with E-state index in [1.165, 1.54) is 18.6 Å². The highest BCUT2D eigenvalue weighted by Gasteiger charge is 1.95. The highest BCUT2D eigenvalue weighted by molar-refractivity contribution is 6.28. The number of rotatable bonds is 5. The zero-order valence-electron chi connectivity index (χ0n) is 10.8. The molecule has 0 unspecified atom stereocenters. The van der Waals surface area contributed by atoms with Gasteiger partial charge in [0.15, 0.2) is 0 Å². The molecule has 0 fully saturated rings. The molecule has 14 heavy (non-hydrogen) atoms. The topological polar surface area (TPSA) is 21.6 Å². The Hall–Kier alpha value is -0.153. The van der Waals surface area contributed by atoms with Crippen molar-refractivity contribution in [3.8, 4) is 0 Å². The molecule has 0 saturated heterocycles. The van der Waals surface area contributed by atoms with Gasteiger partial charge in [-0.2, -0.15) is 0 Å². The lowest BCUT2D eigenvalue weighted by molar-refractivity contribution is 0.443. The Morgan fingerprint density at radius 2 is 1.79 bits per heavy atom. The van der Waals surface area contributed by atoms with Gasteiger partial charge < -0.3 is 9.08 Å². The zero-order valence-corrected chi connectivity index (χ0v) is 12.2. The maximum atomic E-state index is 4.95. The minimum atomic E-state index is -0.581. The van der Waals surface area contributed by atoms with Crippen LogP contribution in [0.4, 0.5) is 0 Å². The minimum Gasteiger partial charge on any atom is -0.406 e. The van der Waals surface area contributed by atoms with E-state index < -0.39 is 9.92 Å². The van der Waals surface area contributed by atoms with Crippen LogP contribution in [0.15, 0.2) is 4.66 Å². The molecule has 0 aliphatic heterocycles. The summed E-state index contributed by atoms with van der Waals surface area (Å²) in [6.07, 6.45) is 3.75. The van der Waals surface area contributed by atoms with E-state index in [1.54, 1.807) is 7.11 Å². The van der Waals surface area contributed by atoms with Crippen LogP contribution in [-0.4, -0.2) is 22.7 Å². The Morgan fingerprint density at radius 1 is 1.29 bits per heavy atom. The lowest BCUT2D eigenvalue weighted by Gasteiger charge is -2.02. The highest BCUT2D eigenvalue weighted by atomic mass is 28.2. The summed E-state index contributed by atoms with van der Waals surface area (Å²) in [5, 5.41) is 0. The van der Waals surface area contributed by atoms with Crippen LogP contribution in [0.3, 0.4) is 0 Å². The average molecular weight is 217 g/mol. The molecule has 0 N–H and O–H groups in total. The molecule has 3 heteroatoms. The Kier molecular flexibility index (Phi) is 14.9. The molecular weight excluding hydrogens is 190 g/mol. The molecule has 0 heterocycles. The first kappa shape index (κ1) is 16.3. The van der Waals surface area contributed by atoms with Gasteiger partial charge in [0.2, 0.25) is 0 Å². The molecule has 0 rings (SSSR count). The first-order valence-electron chi connectivity index (χ1n) is 5.57. The van der Waals surface area contributed by atoms with E-state index in [4.69, 9.17) is 4.43 Å². The standard InChI is InChI=1S/C7H17NOSi.C4H10/c1-6(2)5-7(3)8-10-9-4;1-3-4-2/h6H,5,10H2,1-4H3;3-4H2,1-2H3. The van der Waals surface area contributed by atoms with Crippen LogP contribution in [0, 0.1) is 5.92 Å². The molecular formula is C11H27NOSi. The summed E-state index contributed by atoms with van der Waals surface area (Å²) in [7, 11) is 1.14. The number of unbranched alkanes of at least 4 members (excludes halogenated alkanes) is 1. The Morgan fingerprint density at radius 3 is 2.07 bits per heavy atom. The second kappa shape index (κ2) is 12.8. The van der Waals surface area contributed by atoms with Crippen LogP contribution in [-0.2, 0) is 4.43 Å². The van der Waals surface area contributed by atoms with E-state index in [0.29, 0.717) is 0 Å². The van der Waals surface area contributed by atoms with Crippen molar-refractivity contribution >= 4 is 15.6 Å². The molecule has 0 amide bonds. The van der Waals surface area contributed by atoms with Crippen molar-refractivity contribution in [3.63, 3.8) is 0 Å². The molecule has 0 saturated carbocycles. The van der Waals surface area contributed by atoms with Crippen LogP contribution in [0.2, 0.25) is 0 Å². The first-order chi connectivity index (χ1) is 6.58. The van der Waals surface area contributed by atoms with Crippen LogP contribution in [0.1, 0.15) is 53.9 Å². The Bertz CT molecular complexity index is 133. The maximum absolute atomic E-state index is 4.95. The molecule has 86 valence electrons. The molecule has 0 spiro atoms. The third kappa shape index (κ3) is 17.8. The molecule has 0 aromatic rings. The van der Waals surface area contributed by atoms with Gasteiger partial charge in [-0.15, -0.1) is 0 Å². The molecule has 0 aliphatic rings. The summed E-state index contributed by atoms with van der Waals surface area (Å²) < 4.78 is 9.26. The SMILES string of the molecule is CCCC.CO[SiH2]N=C(C)CC(C)C. The van der Waals surface area contributed by atoms with Crippen molar-refractivity contribution in [1.82, 2.24) is 0 Å². The van der Waals surface area contributed by atoms with Crippen LogP contribution in [0.5, 0.6) is 0 Å². The normalized spacial score (nSPS) is 12.1. The predicted octanol–water partition coefficient (Wildman–Crippen LogP) is 2.95. The summed E-state index contributed by atoms with van der Waals surface area (Å²) in [5.41, 5.74) is 1.24. The van der Waals surface area contributed by atoms with E-state index in [0.717, 1.165) is 12.3 Å². The Labute approximate surface area is 92.2 Å². The largest absolute Gasteiger partial charge is 0.406 e. The fourth-order valence-corrected chi connectivity index (χ4v) is 1.31. The number of nitrogens with zero attached hydrogens (tertiary/aromatic N) is 1. The monoisotopic (exact) mass is 217 g/mol. The molecule has 0 aromatic heterocycles. The van der Waals surface area contributed by atoms with Gasteiger partial charge in [-0.25, -0.2) is 0 Å². The van der Waals surface area contributed by atoms with Crippen LogP contribution >= 0.6 is 0 Å². The van der Waals surface area contributed by atoms with Gasteiger partial charge in [0, 0.05) is 12.8 Å². The van der Waals surface area contributed by atoms with Crippen molar-refractivity contribution in [2.75, 3.05) is 7.11 Å². The lowest BCUT2D eigenvalue weighted by atomic mass is 10.1. The van der Waals surface area contributed by atoms with Crippen LogP contribution in [0.25, 0.3) is 0 Å². The maximum Gasteiger partial charge on any atom is 0.286 e. The third-order valence-corrected chi connectivity index (χ3v) is 2.59. The summed E-state index contributed by atoms with van der Waals surface area (Å²) in [6, 6.07) is 0. The molecule has 0 bridgehead atoms. The predicted molar refractivity (Wildman–Crippen MR) is 68.7 cm³/mol. The zero-order chi connectivity index (χ0) is 11.4. The Balaban J connectivity index is 0. The second-order valence-electron chi connectivity index (χ2n) is 3.91. The number of hydrogen-bond acceptors (Lipinski definition) is 2. The molecule has 0 atom stereocenters. The van der Waals surface area contributed by atoms with Gasteiger partial charge in [-0.3, -0.25) is 0 Å². The smallest absolute Gasteiger partial charge is 0.286 e. The summed E-state index contributed by atoms with van der Waals surface area (Å²) in [5.74, 6) is 0.717. The van der Waals surface area contributed by atoms with Gasteiger partial charge in [0.1, 0.15) is 0 Å². The van der Waals surface area contributed by atoms with Crippen molar-refractivity contribution in [3.05, 3.63) is 0 Å². The van der Waals surface area contributed by atoms with E-state index >= 15 is 0 Å². The van der Waals surface area contributed by atoms with Crippen molar-refractivity contribution in [1.29, 1.82) is 0 Å². The van der Waals surface area contributed by atoms with E-state index in [2.05, 4.69) is 39.3 Å². The lowest BCUT2D eigenvalue weighted by Crippen LogP contribution is -2.01. The molecule has 0 radical (unpaired) electrons. The highest BCUT2D eigenvalue weighted by Crippen LogP contribution is 2.00. The van der Waals surface area contributed by atoms with Gasteiger partial charge in [0.05, 0.1) is 0 Å². The number of hydrogen-bond donors (Lipinski definition) is 0. The summed E-state index contributed by atoms with van der Waals surface area (Å²) in [6.45, 7) is 10.8. The quantitative estimate of drug-likeness (QED) is 0.512. The molecule has 2 nitrogen and oxygen atoms in total. The second-order valence-corrected chi connectivity index (χ2v) is 5.06. The summed E-state index contributed by atoms with van der Waals surface area (Å²) in [4.78, 5) is 0. The van der Waals surface area contributed by atoms with Crippen molar-refractivity contribution in [2.24, 2.45) is 10.6 Å². The van der Waals surface area contributed by atoms with Gasteiger partial charge >= 0.3 is 0 Å². The van der Waals surface area contributed by atoms with E-state index in [1.807, 2.05) is 0 Å². The molecule has 0 aliphatic carbocycles. The van der Waals surface area contributed by atoms with E-state index in [-0.39, 0.29) is 0 Å². The fraction of sp³-hybridized carbons (Fsp3) is 0.909. The van der Waals surface area contributed by atoms with E-state index in [9.17, 15) is 0 Å². The summed E-state index contributed by atoms with van der Waals surface area (Å²) >= 11 is 0. The first-order valence-corrected chi connectivity index (χ1v) is 6.78. The molecule has 0 aromatic carbocycles.